The maximum Gasteiger partial charge on any atom is 0.266 e. The van der Waals surface area contributed by atoms with Gasteiger partial charge in [0.15, 0.2) is 0 Å². The largest absolute Gasteiger partial charge is 0.329 e. The Morgan fingerprint density at radius 1 is 1.48 bits per heavy atom. The van der Waals surface area contributed by atoms with Gasteiger partial charge in [0.2, 0.25) is 0 Å². The lowest BCUT2D eigenvalue weighted by Gasteiger charge is -2.34. The number of piperidine rings is 1. The minimum absolute atomic E-state index is 0.0289. The summed E-state index contributed by atoms with van der Waals surface area (Å²) >= 11 is 1.73. The van der Waals surface area contributed by atoms with Gasteiger partial charge in [0, 0.05) is 36.8 Å². The number of aromatic nitrogens is 1. The molecule has 0 spiro atoms. The molecular formula is C14H28N4O3S2. The van der Waals surface area contributed by atoms with Crippen molar-refractivity contribution in [2.75, 3.05) is 25.4 Å². The normalized spacial score (nSPS) is 17.1. The van der Waals surface area contributed by atoms with Crippen molar-refractivity contribution in [2.24, 2.45) is 5.73 Å². The number of nitrogens with two attached hydrogens (primary N) is 1. The number of nitrogens with one attached hydrogen (secondary N) is 1. The summed E-state index contributed by atoms with van der Waals surface area (Å²) in [7, 11) is -3.80. The zero-order valence-electron chi connectivity index (χ0n) is 13.8. The molecule has 2 rings (SSSR count). The fraction of sp³-hybridized carbons (Fsp3) is 0.786. The van der Waals surface area contributed by atoms with Crippen molar-refractivity contribution in [1.82, 2.24) is 15.2 Å². The van der Waals surface area contributed by atoms with Crippen LogP contribution in [0.3, 0.4) is 0 Å². The van der Waals surface area contributed by atoms with Gasteiger partial charge in [-0.05, 0) is 39.8 Å². The average Bonchev–Trinajstić information content (AvgIpc) is 2.98. The molecule has 23 heavy (non-hydrogen) atoms. The summed E-state index contributed by atoms with van der Waals surface area (Å²) < 4.78 is 27.3. The molecule has 0 unspecified atom stereocenters. The Morgan fingerprint density at radius 3 is 2.52 bits per heavy atom. The van der Waals surface area contributed by atoms with Crippen LogP contribution >= 0.6 is 11.3 Å². The van der Waals surface area contributed by atoms with E-state index in [1.807, 2.05) is 11.6 Å². The van der Waals surface area contributed by atoms with Crippen molar-refractivity contribution in [2.45, 2.75) is 45.3 Å². The summed E-state index contributed by atoms with van der Waals surface area (Å²) in [6.07, 6.45) is 4.41. The second kappa shape index (κ2) is 10.3. The van der Waals surface area contributed by atoms with Crippen LogP contribution in [0.1, 0.15) is 31.7 Å². The molecule has 9 heteroatoms. The van der Waals surface area contributed by atoms with Crippen LogP contribution in [0.4, 0.5) is 0 Å². The fourth-order valence-electron chi connectivity index (χ4n) is 2.34. The predicted octanol–water partition coefficient (Wildman–Crippen LogP) is 0.938. The van der Waals surface area contributed by atoms with Gasteiger partial charge in [-0.2, -0.15) is 8.42 Å². The Kier molecular flexibility index (Phi) is 9.18. The van der Waals surface area contributed by atoms with Gasteiger partial charge >= 0.3 is 0 Å². The summed E-state index contributed by atoms with van der Waals surface area (Å²) in [6, 6.07) is 1.37. The van der Waals surface area contributed by atoms with E-state index in [0.717, 1.165) is 6.54 Å². The minimum atomic E-state index is -3.80. The Labute approximate surface area is 143 Å². The third-order valence-corrected chi connectivity index (χ3v) is 5.19. The quantitative estimate of drug-likeness (QED) is 0.645. The van der Waals surface area contributed by atoms with Gasteiger partial charge in [-0.3, -0.25) is 4.55 Å². The Balaban J connectivity index is 0.000000322. The maximum atomic E-state index is 9.71. The number of hydrogen-bond donors (Lipinski definition) is 3. The topological polar surface area (TPSA) is 109 Å². The van der Waals surface area contributed by atoms with E-state index >= 15 is 0 Å². The van der Waals surface area contributed by atoms with Gasteiger partial charge in [0.1, 0.15) is 5.01 Å². The van der Waals surface area contributed by atoms with Crippen molar-refractivity contribution < 1.29 is 13.0 Å². The van der Waals surface area contributed by atoms with Gasteiger partial charge in [-0.1, -0.05) is 0 Å². The molecule has 1 aliphatic rings. The molecule has 0 bridgehead atoms. The number of rotatable bonds is 6. The fourth-order valence-corrected chi connectivity index (χ4v) is 3.21. The van der Waals surface area contributed by atoms with Crippen LogP contribution in [-0.4, -0.2) is 60.3 Å². The highest BCUT2D eigenvalue weighted by atomic mass is 32.2. The smallest absolute Gasteiger partial charge is 0.266 e. The first-order valence-corrected chi connectivity index (χ1v) is 10.3. The van der Waals surface area contributed by atoms with Gasteiger partial charge in [0.25, 0.3) is 10.1 Å². The highest BCUT2D eigenvalue weighted by Crippen LogP contribution is 2.13. The van der Waals surface area contributed by atoms with Gasteiger partial charge in [-0.25, -0.2) is 4.98 Å². The van der Waals surface area contributed by atoms with Crippen LogP contribution in [0.5, 0.6) is 0 Å². The zero-order valence-corrected chi connectivity index (χ0v) is 15.4. The van der Waals surface area contributed by atoms with E-state index in [4.69, 9.17) is 10.3 Å². The predicted molar refractivity (Wildman–Crippen MR) is 94.2 cm³/mol. The summed E-state index contributed by atoms with van der Waals surface area (Å²) in [6.45, 7) is 7.93. The molecule has 0 atom stereocenters. The molecule has 134 valence electrons. The number of hydrogen-bond acceptors (Lipinski definition) is 7. The zero-order chi connectivity index (χ0) is 17.3. The molecule has 7 nitrogen and oxygen atoms in total. The van der Waals surface area contributed by atoms with Crippen molar-refractivity contribution in [3.63, 3.8) is 0 Å². The van der Waals surface area contributed by atoms with Crippen LogP contribution in [0.2, 0.25) is 0 Å². The number of nitrogens with zero attached hydrogens (tertiary/aromatic N) is 2. The summed E-state index contributed by atoms with van der Waals surface area (Å²) in [4.78, 5) is 6.85. The van der Waals surface area contributed by atoms with Crippen LogP contribution in [0.25, 0.3) is 0 Å². The molecule has 1 saturated heterocycles. The number of likely N-dealkylation sites (tertiary alicyclic amines) is 1. The molecule has 1 aliphatic heterocycles. The molecule has 0 aliphatic carbocycles. The molecule has 0 aromatic carbocycles. The molecule has 1 fully saturated rings. The highest BCUT2D eigenvalue weighted by molar-refractivity contribution is 7.85. The summed E-state index contributed by atoms with van der Waals surface area (Å²) in [5.74, 6) is -0.354. The van der Waals surface area contributed by atoms with E-state index in [1.165, 1.54) is 30.9 Å². The van der Waals surface area contributed by atoms with Crippen molar-refractivity contribution in [3.05, 3.63) is 16.6 Å². The summed E-state index contributed by atoms with van der Waals surface area (Å²) in [5, 5.41) is 6.85. The van der Waals surface area contributed by atoms with Crippen LogP contribution < -0.4 is 11.1 Å². The lowest BCUT2D eigenvalue weighted by molar-refractivity contribution is 0.161. The lowest BCUT2D eigenvalue weighted by atomic mass is 10.0. The first-order chi connectivity index (χ1) is 10.8. The average molecular weight is 365 g/mol. The molecule has 1 aromatic rings. The van der Waals surface area contributed by atoms with E-state index in [1.54, 1.807) is 11.3 Å². The van der Waals surface area contributed by atoms with E-state index in [2.05, 4.69) is 29.0 Å². The molecule has 2 heterocycles. The minimum Gasteiger partial charge on any atom is -0.329 e. The second-order valence-electron chi connectivity index (χ2n) is 5.79. The Hall–Kier alpha value is -0.580. The van der Waals surface area contributed by atoms with Crippen LogP contribution in [0.15, 0.2) is 11.6 Å². The number of thiazole rings is 1. The maximum absolute atomic E-state index is 9.71. The van der Waals surface area contributed by atoms with Gasteiger partial charge < -0.3 is 16.0 Å². The van der Waals surface area contributed by atoms with Gasteiger partial charge in [0.05, 0.1) is 5.75 Å². The Bertz CT molecular complexity index is 512. The van der Waals surface area contributed by atoms with Gasteiger partial charge in [-0.15, -0.1) is 11.3 Å². The molecule has 0 amide bonds. The lowest BCUT2D eigenvalue weighted by Crippen LogP contribution is -2.44. The summed E-state index contributed by atoms with van der Waals surface area (Å²) in [5.41, 5.74) is 4.78. The van der Waals surface area contributed by atoms with E-state index in [9.17, 15) is 8.42 Å². The van der Waals surface area contributed by atoms with E-state index in [-0.39, 0.29) is 12.3 Å². The molecule has 4 N–H and O–H groups in total. The third-order valence-electron chi connectivity index (χ3n) is 3.66. The monoisotopic (exact) mass is 364 g/mol. The van der Waals surface area contributed by atoms with Crippen LogP contribution in [0, 0.1) is 0 Å². The standard InChI is InChI=1S/C12H21N3S.C2H7NO3S/c1-10(2)15-6-3-11(4-7-15)14-9-12-13-5-8-16-12;3-1-2-7(4,5)6/h5,8,10-11,14H,3-4,6-7,9H2,1-2H3;1-3H2,(H,4,5,6). The van der Waals surface area contributed by atoms with Crippen molar-refractivity contribution in [3.8, 4) is 0 Å². The highest BCUT2D eigenvalue weighted by Gasteiger charge is 2.20. The SMILES string of the molecule is CC(C)N1CCC(NCc2nccs2)CC1.NCCS(=O)(=O)O. The van der Waals surface area contributed by atoms with E-state index in [0.29, 0.717) is 12.1 Å². The first kappa shape index (κ1) is 20.5. The van der Waals surface area contributed by atoms with Crippen molar-refractivity contribution in [1.29, 1.82) is 0 Å². The second-order valence-corrected chi connectivity index (χ2v) is 8.34. The molecule has 0 radical (unpaired) electrons. The Morgan fingerprint density at radius 2 is 2.13 bits per heavy atom. The van der Waals surface area contributed by atoms with Crippen molar-refractivity contribution >= 4 is 21.5 Å². The molecule has 1 aromatic heterocycles. The molecule has 0 saturated carbocycles. The third kappa shape index (κ3) is 9.33. The van der Waals surface area contributed by atoms with E-state index < -0.39 is 10.1 Å². The molecular weight excluding hydrogens is 336 g/mol. The van der Waals surface area contributed by atoms with Crippen LogP contribution in [-0.2, 0) is 16.7 Å². The first-order valence-electron chi connectivity index (χ1n) is 7.83.